The van der Waals surface area contributed by atoms with Gasteiger partial charge in [-0.15, -0.1) is 0 Å². The SMILES string of the molecule is CCCn1ncc(Cl)c1C(NCC)c1ccoc1C. The van der Waals surface area contributed by atoms with Crippen LogP contribution in [0.2, 0.25) is 5.02 Å². The minimum absolute atomic E-state index is 0.0188. The first-order chi connectivity index (χ1) is 9.19. The summed E-state index contributed by atoms with van der Waals surface area (Å²) in [5.74, 6) is 0.909. The second-order valence-corrected chi connectivity index (χ2v) is 4.93. The van der Waals surface area contributed by atoms with Crippen molar-refractivity contribution in [2.75, 3.05) is 6.54 Å². The van der Waals surface area contributed by atoms with Crippen molar-refractivity contribution in [2.24, 2.45) is 0 Å². The van der Waals surface area contributed by atoms with Crippen LogP contribution in [0.4, 0.5) is 0 Å². The van der Waals surface area contributed by atoms with Crippen LogP contribution in [0.15, 0.2) is 22.9 Å². The smallest absolute Gasteiger partial charge is 0.105 e. The van der Waals surface area contributed by atoms with Gasteiger partial charge in [0.1, 0.15) is 5.76 Å². The van der Waals surface area contributed by atoms with Crippen LogP contribution in [0, 0.1) is 6.92 Å². The third-order valence-corrected chi connectivity index (χ3v) is 3.45. The second kappa shape index (κ2) is 6.26. The van der Waals surface area contributed by atoms with Crippen molar-refractivity contribution in [1.82, 2.24) is 15.1 Å². The highest BCUT2D eigenvalue weighted by Gasteiger charge is 2.23. The minimum atomic E-state index is 0.0188. The van der Waals surface area contributed by atoms with E-state index >= 15 is 0 Å². The molecule has 2 aromatic heterocycles. The van der Waals surface area contributed by atoms with Crippen molar-refractivity contribution < 1.29 is 4.42 Å². The Morgan fingerprint density at radius 2 is 2.26 bits per heavy atom. The van der Waals surface area contributed by atoms with E-state index in [-0.39, 0.29) is 6.04 Å². The lowest BCUT2D eigenvalue weighted by molar-refractivity contribution is 0.498. The maximum Gasteiger partial charge on any atom is 0.105 e. The molecular formula is C14H20ClN3O. The molecule has 4 nitrogen and oxygen atoms in total. The summed E-state index contributed by atoms with van der Waals surface area (Å²) in [5.41, 5.74) is 2.12. The van der Waals surface area contributed by atoms with Gasteiger partial charge in [0.25, 0.3) is 0 Å². The van der Waals surface area contributed by atoms with Gasteiger partial charge in [-0.3, -0.25) is 4.68 Å². The molecule has 1 atom stereocenters. The summed E-state index contributed by atoms with van der Waals surface area (Å²) in [6.07, 6.45) is 4.45. The van der Waals surface area contributed by atoms with Crippen molar-refractivity contribution in [1.29, 1.82) is 0 Å². The van der Waals surface area contributed by atoms with E-state index in [2.05, 4.69) is 24.3 Å². The van der Waals surface area contributed by atoms with Gasteiger partial charge in [-0.2, -0.15) is 5.10 Å². The molecule has 0 aliphatic rings. The van der Waals surface area contributed by atoms with Gasteiger partial charge in [0.05, 0.1) is 29.2 Å². The van der Waals surface area contributed by atoms with Crippen molar-refractivity contribution in [2.45, 2.75) is 39.8 Å². The lowest BCUT2D eigenvalue weighted by atomic mass is 10.0. The fourth-order valence-corrected chi connectivity index (χ4v) is 2.55. The number of hydrogen-bond donors (Lipinski definition) is 1. The van der Waals surface area contributed by atoms with E-state index in [4.69, 9.17) is 16.0 Å². The van der Waals surface area contributed by atoms with Gasteiger partial charge in [-0.05, 0) is 26.0 Å². The molecule has 0 radical (unpaired) electrons. The summed E-state index contributed by atoms with van der Waals surface area (Å²) in [7, 11) is 0. The van der Waals surface area contributed by atoms with Crippen LogP contribution >= 0.6 is 11.6 Å². The molecule has 0 fully saturated rings. The van der Waals surface area contributed by atoms with E-state index in [1.807, 2.05) is 17.7 Å². The Labute approximate surface area is 118 Å². The number of aryl methyl sites for hydroxylation is 2. The Hall–Kier alpha value is -1.26. The van der Waals surface area contributed by atoms with Crippen LogP contribution in [-0.2, 0) is 6.54 Å². The zero-order valence-corrected chi connectivity index (χ0v) is 12.4. The van der Waals surface area contributed by atoms with Crippen LogP contribution in [0.5, 0.6) is 0 Å². The fraction of sp³-hybridized carbons (Fsp3) is 0.500. The summed E-state index contributed by atoms with van der Waals surface area (Å²) >= 11 is 6.33. The molecule has 2 heterocycles. The topological polar surface area (TPSA) is 43.0 Å². The van der Waals surface area contributed by atoms with E-state index < -0.39 is 0 Å². The predicted octanol–water partition coefficient (Wildman–Crippen LogP) is 3.55. The van der Waals surface area contributed by atoms with Crippen LogP contribution in [0.3, 0.4) is 0 Å². The summed E-state index contributed by atoms with van der Waals surface area (Å²) < 4.78 is 7.39. The summed E-state index contributed by atoms with van der Waals surface area (Å²) in [6, 6.07) is 2.01. The van der Waals surface area contributed by atoms with Crippen LogP contribution in [0.1, 0.15) is 43.3 Å². The zero-order chi connectivity index (χ0) is 13.8. The Balaban J connectivity index is 2.44. The Bertz CT molecular complexity index is 533. The third kappa shape index (κ3) is 2.85. The van der Waals surface area contributed by atoms with Crippen LogP contribution in [0.25, 0.3) is 0 Å². The lowest BCUT2D eigenvalue weighted by Crippen LogP contribution is -2.25. The molecule has 19 heavy (non-hydrogen) atoms. The number of nitrogens with one attached hydrogen (secondary N) is 1. The van der Waals surface area contributed by atoms with E-state index in [9.17, 15) is 0 Å². The first kappa shape index (κ1) is 14.2. The first-order valence-electron chi connectivity index (χ1n) is 6.67. The Kier molecular flexibility index (Phi) is 4.66. The maximum absolute atomic E-state index is 6.33. The second-order valence-electron chi connectivity index (χ2n) is 4.52. The predicted molar refractivity (Wildman–Crippen MR) is 76.5 cm³/mol. The van der Waals surface area contributed by atoms with E-state index in [1.54, 1.807) is 12.5 Å². The normalized spacial score (nSPS) is 12.8. The van der Waals surface area contributed by atoms with Crippen molar-refractivity contribution >= 4 is 11.6 Å². The third-order valence-electron chi connectivity index (χ3n) is 3.16. The van der Waals surface area contributed by atoms with Crippen LogP contribution in [-0.4, -0.2) is 16.3 Å². The van der Waals surface area contributed by atoms with Crippen molar-refractivity contribution in [3.63, 3.8) is 0 Å². The first-order valence-corrected chi connectivity index (χ1v) is 7.05. The number of nitrogens with zero attached hydrogens (tertiary/aromatic N) is 2. The average molecular weight is 282 g/mol. The number of furan rings is 1. The monoisotopic (exact) mass is 281 g/mol. The molecule has 0 saturated heterocycles. The molecule has 2 rings (SSSR count). The Morgan fingerprint density at radius 3 is 2.84 bits per heavy atom. The highest BCUT2D eigenvalue weighted by molar-refractivity contribution is 6.31. The lowest BCUT2D eigenvalue weighted by Gasteiger charge is -2.19. The van der Waals surface area contributed by atoms with Gasteiger partial charge in [-0.25, -0.2) is 0 Å². The van der Waals surface area contributed by atoms with Gasteiger partial charge < -0.3 is 9.73 Å². The summed E-state index contributed by atoms with van der Waals surface area (Å²) in [4.78, 5) is 0. The molecule has 104 valence electrons. The average Bonchev–Trinajstić information content (AvgIpc) is 2.95. The van der Waals surface area contributed by atoms with Gasteiger partial charge in [-0.1, -0.05) is 25.4 Å². The molecule has 1 N–H and O–H groups in total. The Morgan fingerprint density at radius 1 is 1.47 bits per heavy atom. The number of hydrogen-bond acceptors (Lipinski definition) is 3. The molecule has 0 spiro atoms. The number of halogens is 1. The van der Waals surface area contributed by atoms with Gasteiger partial charge in [0.2, 0.25) is 0 Å². The van der Waals surface area contributed by atoms with Gasteiger partial charge in [0, 0.05) is 12.1 Å². The zero-order valence-electron chi connectivity index (χ0n) is 11.6. The van der Waals surface area contributed by atoms with E-state index in [0.717, 1.165) is 36.5 Å². The summed E-state index contributed by atoms with van der Waals surface area (Å²) in [6.45, 7) is 7.89. The minimum Gasteiger partial charge on any atom is -0.469 e. The highest BCUT2D eigenvalue weighted by Crippen LogP contribution is 2.30. The fourth-order valence-electron chi connectivity index (χ4n) is 2.30. The molecule has 0 bridgehead atoms. The standard InChI is InChI=1S/C14H20ClN3O/c1-4-7-18-14(12(15)9-17-18)13(16-5-2)11-6-8-19-10(11)3/h6,8-9,13,16H,4-5,7H2,1-3H3. The molecular weight excluding hydrogens is 262 g/mol. The highest BCUT2D eigenvalue weighted by atomic mass is 35.5. The maximum atomic E-state index is 6.33. The molecule has 5 heteroatoms. The quantitative estimate of drug-likeness (QED) is 0.880. The van der Waals surface area contributed by atoms with Gasteiger partial charge >= 0.3 is 0 Å². The molecule has 0 saturated carbocycles. The van der Waals surface area contributed by atoms with Crippen molar-refractivity contribution in [3.05, 3.63) is 40.6 Å². The number of aromatic nitrogens is 2. The molecule has 2 aromatic rings. The molecule has 0 amide bonds. The van der Waals surface area contributed by atoms with Crippen LogP contribution < -0.4 is 5.32 Å². The van der Waals surface area contributed by atoms with Gasteiger partial charge in [0.15, 0.2) is 0 Å². The number of rotatable bonds is 6. The molecule has 1 unspecified atom stereocenters. The molecule has 0 aliphatic carbocycles. The summed E-state index contributed by atoms with van der Waals surface area (Å²) in [5, 5.41) is 8.52. The van der Waals surface area contributed by atoms with Crippen molar-refractivity contribution in [3.8, 4) is 0 Å². The molecule has 0 aliphatic heterocycles. The van der Waals surface area contributed by atoms with E-state index in [0.29, 0.717) is 5.02 Å². The van der Waals surface area contributed by atoms with E-state index in [1.165, 1.54) is 0 Å². The molecule has 0 aromatic carbocycles. The largest absolute Gasteiger partial charge is 0.469 e.